The van der Waals surface area contributed by atoms with Crippen molar-refractivity contribution in [2.45, 2.75) is 30.5 Å². The monoisotopic (exact) mass is 354 g/mol. The minimum atomic E-state index is -0.778. The molecule has 3 N–H and O–H groups in total. The lowest BCUT2D eigenvalue weighted by Crippen LogP contribution is -2.38. The second kappa shape index (κ2) is 8.08. The molecule has 126 valence electrons. The van der Waals surface area contributed by atoms with Crippen LogP contribution < -0.4 is 5.32 Å². The summed E-state index contributed by atoms with van der Waals surface area (Å²) < 4.78 is 0. The number of carbonyl (C=O) groups is 1. The van der Waals surface area contributed by atoms with Crippen molar-refractivity contribution in [3.05, 3.63) is 29.8 Å². The number of thioether (sulfide) groups is 2. The number of nitrogens with one attached hydrogen (secondary N) is 1. The summed E-state index contributed by atoms with van der Waals surface area (Å²) in [7, 11) is 1.87. The Morgan fingerprint density at radius 2 is 2.17 bits per heavy atom. The molecule has 0 spiro atoms. The molecule has 0 aromatic heterocycles. The van der Waals surface area contributed by atoms with E-state index in [4.69, 9.17) is 10.1 Å². The highest BCUT2D eigenvalue weighted by Gasteiger charge is 2.34. The fourth-order valence-corrected chi connectivity index (χ4v) is 4.88. The Kier molecular flexibility index (Phi) is 6.38. The van der Waals surface area contributed by atoms with E-state index in [0.29, 0.717) is 5.75 Å². The number of benzene rings is 1. The van der Waals surface area contributed by atoms with Crippen LogP contribution in [0, 0.1) is 5.92 Å². The van der Waals surface area contributed by atoms with Crippen LogP contribution in [-0.2, 0) is 4.79 Å². The second-order valence-electron chi connectivity index (χ2n) is 5.55. The van der Waals surface area contributed by atoms with Gasteiger partial charge >= 0.3 is 5.97 Å². The molecule has 0 saturated carbocycles. The van der Waals surface area contributed by atoms with Gasteiger partial charge in [0.1, 0.15) is 10.8 Å². The van der Waals surface area contributed by atoms with Crippen molar-refractivity contribution in [1.29, 1.82) is 0 Å². The van der Waals surface area contributed by atoms with Crippen molar-refractivity contribution in [2.24, 2.45) is 10.9 Å². The Balaban J connectivity index is 2.11. The number of rotatable bonds is 7. The van der Waals surface area contributed by atoms with Crippen molar-refractivity contribution in [2.75, 3.05) is 12.8 Å². The zero-order chi connectivity index (χ0) is 17.0. The first-order valence-corrected chi connectivity index (χ1v) is 9.41. The predicted octanol–water partition coefficient (Wildman–Crippen LogP) is 2.64. The van der Waals surface area contributed by atoms with Gasteiger partial charge in [-0.05, 0) is 19.2 Å². The van der Waals surface area contributed by atoms with Crippen molar-refractivity contribution < 1.29 is 15.0 Å². The zero-order valence-corrected chi connectivity index (χ0v) is 15.0. The van der Waals surface area contributed by atoms with Crippen LogP contribution in [0.3, 0.4) is 0 Å². The lowest BCUT2D eigenvalue weighted by Gasteiger charge is -2.24. The van der Waals surface area contributed by atoms with Gasteiger partial charge in [-0.2, -0.15) is 0 Å². The lowest BCUT2D eigenvalue weighted by molar-refractivity contribution is -0.140. The van der Waals surface area contributed by atoms with E-state index in [0.717, 1.165) is 10.6 Å². The van der Waals surface area contributed by atoms with Crippen LogP contribution in [0.2, 0.25) is 0 Å². The summed E-state index contributed by atoms with van der Waals surface area (Å²) in [4.78, 5) is 15.8. The number of nitrogens with zero attached hydrogens (tertiary/aromatic N) is 1. The van der Waals surface area contributed by atoms with Crippen molar-refractivity contribution >= 4 is 34.5 Å². The number of phenolic OH excluding ortho intramolecular Hbond substituents is 1. The molecule has 0 fully saturated rings. The summed E-state index contributed by atoms with van der Waals surface area (Å²) in [5, 5.41) is 23.4. The third-order valence-electron chi connectivity index (χ3n) is 3.72. The summed E-state index contributed by atoms with van der Waals surface area (Å²) in [6.45, 7) is 3.82. The van der Waals surface area contributed by atoms with E-state index in [1.54, 1.807) is 42.6 Å². The fourth-order valence-electron chi connectivity index (χ4n) is 2.29. The first kappa shape index (κ1) is 18.2. The molecule has 4 unspecified atom stereocenters. The molecule has 0 bridgehead atoms. The zero-order valence-electron chi connectivity index (χ0n) is 13.4. The molecule has 1 aromatic carbocycles. The number of aliphatic imine (C=N–C) groups is 1. The average molecular weight is 354 g/mol. The highest BCUT2D eigenvalue weighted by atomic mass is 32.2. The molecular weight excluding hydrogens is 332 g/mol. The SMILES string of the molecule is CNC(SCC(C)C(=O)O)C1N=C(c2ccccc2O)SC1C. The molecule has 1 heterocycles. The van der Waals surface area contributed by atoms with Gasteiger partial charge < -0.3 is 15.5 Å². The lowest BCUT2D eigenvalue weighted by atomic mass is 10.2. The molecule has 0 radical (unpaired) electrons. The summed E-state index contributed by atoms with van der Waals surface area (Å²) in [5.74, 6) is -0.392. The largest absolute Gasteiger partial charge is 0.507 e. The predicted molar refractivity (Wildman–Crippen MR) is 97.6 cm³/mol. The maximum atomic E-state index is 11.0. The molecular formula is C16H22N2O3S2. The minimum Gasteiger partial charge on any atom is -0.507 e. The van der Waals surface area contributed by atoms with Crippen LogP contribution in [0.15, 0.2) is 29.3 Å². The van der Waals surface area contributed by atoms with Crippen LogP contribution in [0.1, 0.15) is 19.4 Å². The molecule has 0 amide bonds. The summed E-state index contributed by atoms with van der Waals surface area (Å²) in [6, 6.07) is 7.24. The molecule has 1 aliphatic rings. The Morgan fingerprint density at radius 3 is 2.78 bits per heavy atom. The standard InChI is InChI=1S/C16H22N2O3S2/c1-9(16(20)21)8-22-15(17-3)13-10(2)23-14(18-13)11-6-4-5-7-12(11)19/h4-7,9-10,13,15,17,19H,8H2,1-3H3,(H,20,21). The van der Waals surface area contributed by atoms with Gasteiger partial charge in [-0.3, -0.25) is 9.79 Å². The number of phenols is 1. The number of carboxylic acid groups (broad SMARTS) is 1. The topological polar surface area (TPSA) is 81.9 Å². The van der Waals surface area contributed by atoms with Gasteiger partial charge in [-0.25, -0.2) is 0 Å². The van der Waals surface area contributed by atoms with E-state index >= 15 is 0 Å². The van der Waals surface area contributed by atoms with Crippen molar-refractivity contribution in [3.63, 3.8) is 0 Å². The number of hydrogen-bond donors (Lipinski definition) is 3. The number of hydrogen-bond acceptors (Lipinski definition) is 6. The Morgan fingerprint density at radius 1 is 1.48 bits per heavy atom. The fraction of sp³-hybridized carbons (Fsp3) is 0.500. The van der Waals surface area contributed by atoms with Gasteiger partial charge in [0.2, 0.25) is 0 Å². The van der Waals surface area contributed by atoms with E-state index in [2.05, 4.69) is 12.2 Å². The molecule has 7 heteroatoms. The summed E-state index contributed by atoms with van der Waals surface area (Å²) >= 11 is 3.23. The van der Waals surface area contributed by atoms with Crippen LogP contribution in [0.25, 0.3) is 0 Å². The average Bonchev–Trinajstić information content (AvgIpc) is 2.90. The quantitative estimate of drug-likeness (QED) is 0.653. The molecule has 23 heavy (non-hydrogen) atoms. The van der Waals surface area contributed by atoms with Gasteiger partial charge in [-0.15, -0.1) is 23.5 Å². The highest BCUT2D eigenvalue weighted by molar-refractivity contribution is 8.15. The Hall–Kier alpha value is -1.18. The molecule has 1 aromatic rings. The van der Waals surface area contributed by atoms with Crippen molar-refractivity contribution in [3.8, 4) is 5.75 Å². The minimum absolute atomic E-state index is 0.0330. The molecule has 5 nitrogen and oxygen atoms in total. The smallest absolute Gasteiger partial charge is 0.307 e. The number of aromatic hydroxyl groups is 1. The van der Waals surface area contributed by atoms with Gasteiger partial charge in [0.25, 0.3) is 0 Å². The first-order chi connectivity index (χ1) is 10.9. The normalized spacial score (nSPS) is 23.3. The van der Waals surface area contributed by atoms with Crippen molar-refractivity contribution in [1.82, 2.24) is 5.32 Å². The first-order valence-electron chi connectivity index (χ1n) is 7.48. The molecule has 1 aliphatic heterocycles. The van der Waals surface area contributed by atoms with Crippen LogP contribution in [-0.4, -0.2) is 50.7 Å². The molecule has 2 rings (SSSR count). The van der Waals surface area contributed by atoms with Crippen LogP contribution >= 0.6 is 23.5 Å². The van der Waals surface area contributed by atoms with Gasteiger partial charge in [0.15, 0.2) is 0 Å². The Labute approximate surface area is 145 Å². The number of aliphatic carboxylic acids is 1. The van der Waals surface area contributed by atoms with E-state index in [-0.39, 0.29) is 28.3 Å². The van der Waals surface area contributed by atoms with E-state index in [1.165, 1.54) is 0 Å². The molecule has 4 atom stereocenters. The maximum absolute atomic E-state index is 11.0. The third-order valence-corrected chi connectivity index (χ3v) is 6.49. The maximum Gasteiger partial charge on any atom is 0.307 e. The number of carboxylic acids is 1. The van der Waals surface area contributed by atoms with E-state index < -0.39 is 5.97 Å². The highest BCUT2D eigenvalue weighted by Crippen LogP contribution is 2.36. The Bertz CT molecular complexity index is 594. The number of para-hydroxylation sites is 1. The number of likely N-dealkylation sites (N-methyl/N-ethyl adjacent to an activating group) is 1. The summed E-state index contributed by atoms with van der Waals surface area (Å²) in [5.41, 5.74) is 0.755. The van der Waals surface area contributed by atoms with Gasteiger partial charge in [-0.1, -0.05) is 26.0 Å². The van der Waals surface area contributed by atoms with Gasteiger partial charge in [0, 0.05) is 16.6 Å². The summed E-state index contributed by atoms with van der Waals surface area (Å²) in [6.07, 6.45) is 0. The van der Waals surface area contributed by atoms with E-state index in [1.807, 2.05) is 19.2 Å². The van der Waals surface area contributed by atoms with E-state index in [9.17, 15) is 9.90 Å². The van der Waals surface area contributed by atoms with Gasteiger partial charge in [0.05, 0.1) is 17.3 Å². The molecule has 0 saturated heterocycles. The molecule has 0 aliphatic carbocycles. The van der Waals surface area contributed by atoms with Crippen LogP contribution in [0.5, 0.6) is 5.75 Å². The second-order valence-corrected chi connectivity index (χ2v) is 8.09. The van der Waals surface area contributed by atoms with Crippen LogP contribution in [0.4, 0.5) is 0 Å². The third kappa shape index (κ3) is 4.43.